The molecule has 0 bridgehead atoms. The van der Waals surface area contributed by atoms with E-state index in [1.165, 1.54) is 4.90 Å². The largest absolute Gasteiger partial charge is 0.465 e. The van der Waals surface area contributed by atoms with Crippen molar-refractivity contribution >= 4 is 12.0 Å². The zero-order chi connectivity index (χ0) is 14.3. The van der Waals surface area contributed by atoms with Crippen molar-refractivity contribution in [1.82, 2.24) is 9.80 Å². The summed E-state index contributed by atoms with van der Waals surface area (Å²) in [5, 5.41) is 9.25. The highest BCUT2D eigenvalue weighted by molar-refractivity contribution is 5.91. The summed E-state index contributed by atoms with van der Waals surface area (Å²) in [7, 11) is 3.11. The number of hydrogen-bond acceptors (Lipinski definition) is 2. The van der Waals surface area contributed by atoms with Crippen LogP contribution < -0.4 is 0 Å². The Hall–Kier alpha value is -1.33. The fraction of sp³-hybridized carbons (Fsp3) is 0.833. The van der Waals surface area contributed by atoms with Gasteiger partial charge in [-0.05, 0) is 5.41 Å². The van der Waals surface area contributed by atoms with E-state index in [0.717, 1.165) is 4.90 Å². The van der Waals surface area contributed by atoms with Crippen LogP contribution in [0.25, 0.3) is 0 Å². The van der Waals surface area contributed by atoms with Crippen molar-refractivity contribution in [3.05, 3.63) is 0 Å². The number of carbonyl (C=O) groups excluding carboxylic acids is 1. The molecule has 18 heavy (non-hydrogen) atoms. The number of carboxylic acid groups (broad SMARTS) is 1. The molecule has 0 aliphatic carbocycles. The number of hydrogen-bond donors (Lipinski definition) is 1. The third-order valence-corrected chi connectivity index (χ3v) is 3.59. The lowest BCUT2D eigenvalue weighted by Gasteiger charge is -2.46. The number of halogens is 1. The Morgan fingerprint density at radius 2 is 1.89 bits per heavy atom. The molecule has 1 heterocycles. The maximum absolute atomic E-state index is 13.7. The molecule has 0 spiro atoms. The van der Waals surface area contributed by atoms with Crippen molar-refractivity contribution < 1.29 is 19.1 Å². The van der Waals surface area contributed by atoms with Crippen molar-refractivity contribution in [1.29, 1.82) is 0 Å². The maximum atomic E-state index is 13.7. The molecule has 1 saturated heterocycles. The lowest BCUT2D eigenvalue weighted by atomic mass is 9.70. The van der Waals surface area contributed by atoms with Gasteiger partial charge in [-0.1, -0.05) is 20.8 Å². The topological polar surface area (TPSA) is 60.9 Å². The van der Waals surface area contributed by atoms with Crippen molar-refractivity contribution in [2.45, 2.75) is 38.9 Å². The zero-order valence-corrected chi connectivity index (χ0v) is 11.5. The van der Waals surface area contributed by atoms with E-state index in [9.17, 15) is 19.1 Å². The predicted octanol–water partition coefficient (Wildman–Crippen LogP) is 1.58. The Morgan fingerprint density at radius 3 is 2.22 bits per heavy atom. The molecule has 5 nitrogen and oxygen atoms in total. The molecule has 2 amide bonds. The summed E-state index contributed by atoms with van der Waals surface area (Å²) in [6.45, 7) is 5.05. The average Bonchev–Trinajstić information content (AvgIpc) is 2.55. The van der Waals surface area contributed by atoms with Crippen LogP contribution in [0.5, 0.6) is 0 Å². The van der Waals surface area contributed by atoms with Crippen LogP contribution in [0.15, 0.2) is 0 Å². The van der Waals surface area contributed by atoms with E-state index in [4.69, 9.17) is 0 Å². The first-order valence-electron chi connectivity index (χ1n) is 5.90. The van der Waals surface area contributed by atoms with Crippen LogP contribution in [0.1, 0.15) is 27.2 Å². The predicted molar refractivity (Wildman–Crippen MR) is 65.1 cm³/mol. The van der Waals surface area contributed by atoms with E-state index >= 15 is 0 Å². The number of likely N-dealkylation sites (N-methyl/N-ethyl adjacent to an activating group) is 1. The van der Waals surface area contributed by atoms with Crippen LogP contribution in [0, 0.1) is 5.41 Å². The van der Waals surface area contributed by atoms with Gasteiger partial charge in [0.15, 0.2) is 0 Å². The van der Waals surface area contributed by atoms with Gasteiger partial charge in [0, 0.05) is 20.5 Å². The second-order valence-corrected chi connectivity index (χ2v) is 6.00. The fourth-order valence-corrected chi connectivity index (χ4v) is 2.70. The van der Waals surface area contributed by atoms with Gasteiger partial charge in [0.1, 0.15) is 11.7 Å². The molecule has 0 radical (unpaired) electrons. The Kier molecular flexibility index (Phi) is 3.60. The number of nitrogens with zero attached hydrogens (tertiary/aromatic N) is 2. The SMILES string of the molecule is CN(C)C(=O)[C@]1(C(C)(C)C)CC(F)CN1C(=O)O. The third-order valence-electron chi connectivity index (χ3n) is 3.59. The Bertz CT molecular complexity index is 365. The normalized spacial score (nSPS) is 28.3. The smallest absolute Gasteiger partial charge is 0.408 e. The number of alkyl halides is 1. The summed E-state index contributed by atoms with van der Waals surface area (Å²) in [6.07, 6.45) is -2.63. The molecule has 0 saturated carbocycles. The maximum Gasteiger partial charge on any atom is 0.408 e. The van der Waals surface area contributed by atoms with Gasteiger partial charge in [-0.3, -0.25) is 9.69 Å². The van der Waals surface area contributed by atoms with Gasteiger partial charge in [0.2, 0.25) is 5.91 Å². The summed E-state index contributed by atoms with van der Waals surface area (Å²) in [6, 6.07) is 0. The first-order valence-corrected chi connectivity index (χ1v) is 5.90. The van der Waals surface area contributed by atoms with Crippen molar-refractivity contribution in [3.8, 4) is 0 Å². The first-order chi connectivity index (χ1) is 8.04. The van der Waals surface area contributed by atoms with Gasteiger partial charge in [-0.2, -0.15) is 0 Å². The minimum Gasteiger partial charge on any atom is -0.465 e. The molecule has 0 aromatic rings. The number of likely N-dealkylation sites (tertiary alicyclic amines) is 1. The first kappa shape index (κ1) is 14.7. The monoisotopic (exact) mass is 260 g/mol. The van der Waals surface area contributed by atoms with E-state index in [1.807, 2.05) is 0 Å². The van der Waals surface area contributed by atoms with E-state index < -0.39 is 23.2 Å². The molecule has 1 N–H and O–H groups in total. The third kappa shape index (κ3) is 2.04. The van der Waals surface area contributed by atoms with E-state index in [0.29, 0.717) is 0 Å². The lowest BCUT2D eigenvalue weighted by Crippen LogP contribution is -2.63. The summed E-state index contributed by atoms with van der Waals surface area (Å²) < 4.78 is 13.7. The van der Waals surface area contributed by atoms with E-state index in [-0.39, 0.29) is 18.9 Å². The molecule has 1 fully saturated rings. The lowest BCUT2D eigenvalue weighted by molar-refractivity contribution is -0.146. The molecule has 104 valence electrons. The summed E-state index contributed by atoms with van der Waals surface area (Å²) in [5.41, 5.74) is -2.00. The molecule has 1 aliphatic rings. The molecular formula is C12H21FN2O3. The Labute approximate surface area is 107 Å². The second-order valence-electron chi connectivity index (χ2n) is 6.00. The molecular weight excluding hydrogens is 239 g/mol. The Morgan fingerprint density at radius 1 is 1.39 bits per heavy atom. The average molecular weight is 260 g/mol. The van der Waals surface area contributed by atoms with Crippen molar-refractivity contribution in [3.63, 3.8) is 0 Å². The van der Waals surface area contributed by atoms with Crippen molar-refractivity contribution in [2.24, 2.45) is 5.41 Å². The molecule has 1 aliphatic heterocycles. The van der Waals surface area contributed by atoms with Crippen LogP contribution in [-0.4, -0.2) is 59.3 Å². The van der Waals surface area contributed by atoms with Crippen LogP contribution in [-0.2, 0) is 4.79 Å². The van der Waals surface area contributed by atoms with Gasteiger partial charge in [0.25, 0.3) is 0 Å². The molecule has 0 aromatic carbocycles. The molecule has 1 unspecified atom stereocenters. The highest BCUT2D eigenvalue weighted by atomic mass is 19.1. The van der Waals surface area contributed by atoms with Gasteiger partial charge < -0.3 is 10.0 Å². The van der Waals surface area contributed by atoms with Crippen LogP contribution in [0.2, 0.25) is 0 Å². The van der Waals surface area contributed by atoms with Crippen LogP contribution in [0.4, 0.5) is 9.18 Å². The van der Waals surface area contributed by atoms with Crippen molar-refractivity contribution in [2.75, 3.05) is 20.6 Å². The minimum atomic E-state index is -1.33. The Balaban J connectivity index is 3.36. The second kappa shape index (κ2) is 4.40. The molecule has 0 aromatic heterocycles. The van der Waals surface area contributed by atoms with E-state index in [1.54, 1.807) is 34.9 Å². The van der Waals surface area contributed by atoms with Gasteiger partial charge in [0.05, 0.1) is 6.54 Å². The van der Waals surface area contributed by atoms with Crippen LogP contribution in [0.3, 0.4) is 0 Å². The number of rotatable bonds is 1. The van der Waals surface area contributed by atoms with Gasteiger partial charge in [-0.25, -0.2) is 9.18 Å². The zero-order valence-electron chi connectivity index (χ0n) is 11.5. The van der Waals surface area contributed by atoms with Gasteiger partial charge >= 0.3 is 6.09 Å². The number of amides is 2. The van der Waals surface area contributed by atoms with E-state index in [2.05, 4.69) is 0 Å². The number of carbonyl (C=O) groups is 2. The fourth-order valence-electron chi connectivity index (χ4n) is 2.70. The summed E-state index contributed by atoms with van der Waals surface area (Å²) >= 11 is 0. The molecule has 6 heteroatoms. The molecule has 1 rings (SSSR count). The summed E-state index contributed by atoms with van der Waals surface area (Å²) in [4.78, 5) is 26.0. The highest BCUT2D eigenvalue weighted by Crippen LogP contribution is 2.45. The van der Waals surface area contributed by atoms with Crippen LogP contribution >= 0.6 is 0 Å². The minimum absolute atomic E-state index is 0.0835. The van der Waals surface area contributed by atoms with Gasteiger partial charge in [-0.15, -0.1) is 0 Å². The molecule has 2 atom stereocenters. The standard InChI is InChI=1S/C12H21FN2O3/c1-11(2,3)12(9(16)14(4)5)6-8(13)7-15(12)10(17)18/h8H,6-7H2,1-5H3,(H,17,18)/t8?,12-/m0/s1. The quantitative estimate of drug-likeness (QED) is 0.778. The highest BCUT2D eigenvalue weighted by Gasteiger charge is 2.60. The summed E-state index contributed by atoms with van der Waals surface area (Å²) in [5.74, 6) is -0.363.